The van der Waals surface area contributed by atoms with E-state index in [-0.39, 0.29) is 11.7 Å². The van der Waals surface area contributed by atoms with Crippen LogP contribution in [-0.4, -0.2) is 42.7 Å². The number of carbonyl (C=O) groups is 2. The molecule has 2 rings (SSSR count). The first kappa shape index (κ1) is 18.9. The van der Waals surface area contributed by atoms with Crippen molar-refractivity contribution >= 4 is 11.8 Å². The Morgan fingerprint density at radius 3 is 2.48 bits per heavy atom. The summed E-state index contributed by atoms with van der Waals surface area (Å²) in [5.41, 5.74) is 1.14. The third kappa shape index (κ3) is 4.79. The lowest BCUT2D eigenvalue weighted by Crippen LogP contribution is -2.50. The van der Waals surface area contributed by atoms with Crippen molar-refractivity contribution in [2.75, 3.05) is 7.11 Å². The summed E-state index contributed by atoms with van der Waals surface area (Å²) in [7, 11) is 1.45. The fourth-order valence-electron chi connectivity index (χ4n) is 2.63. The highest BCUT2D eigenvalue weighted by Crippen LogP contribution is 2.32. The van der Waals surface area contributed by atoms with E-state index in [0.717, 1.165) is 31.2 Å². The average molecular weight is 358 g/mol. The van der Waals surface area contributed by atoms with Gasteiger partial charge in [-0.15, -0.1) is 0 Å². The first-order chi connectivity index (χ1) is 12.0. The van der Waals surface area contributed by atoms with Gasteiger partial charge in [0.2, 0.25) is 0 Å². The standard InChI is InChI=1S/C16H20F2N2O5/c1-24-11-7-6-9(8-12(11)25-10-4-2-3-5-10)15(21)19-13(14(17)18)16(22)20-23/h6-8,10,13-14,23H,2-5H2,1H3,(H,19,21)(H,20,22). The minimum absolute atomic E-state index is 0.0150. The summed E-state index contributed by atoms with van der Waals surface area (Å²) in [5, 5.41) is 10.4. The molecule has 1 aliphatic rings. The molecule has 3 N–H and O–H groups in total. The van der Waals surface area contributed by atoms with Crippen LogP contribution in [0.3, 0.4) is 0 Å². The molecule has 0 aliphatic heterocycles. The third-order valence-corrected chi connectivity index (χ3v) is 3.95. The summed E-state index contributed by atoms with van der Waals surface area (Å²) in [6, 6.07) is 2.07. The Hall–Kier alpha value is -2.42. The van der Waals surface area contributed by atoms with Crippen LogP contribution in [0.15, 0.2) is 18.2 Å². The number of hydrogen-bond acceptors (Lipinski definition) is 5. The second-order valence-corrected chi connectivity index (χ2v) is 5.65. The van der Waals surface area contributed by atoms with Crippen LogP contribution in [0.5, 0.6) is 11.5 Å². The second kappa shape index (κ2) is 8.61. The minimum Gasteiger partial charge on any atom is -0.493 e. The molecular formula is C16H20F2N2O5. The molecular weight excluding hydrogens is 338 g/mol. The van der Waals surface area contributed by atoms with E-state index in [0.29, 0.717) is 11.5 Å². The number of alkyl halides is 2. The quantitative estimate of drug-likeness (QED) is 0.511. The van der Waals surface area contributed by atoms with Crippen LogP contribution in [0, 0.1) is 0 Å². The van der Waals surface area contributed by atoms with Crippen LogP contribution in [0.25, 0.3) is 0 Å². The average Bonchev–Trinajstić information content (AvgIpc) is 3.11. The zero-order chi connectivity index (χ0) is 18.4. The summed E-state index contributed by atoms with van der Waals surface area (Å²) in [4.78, 5) is 23.4. The van der Waals surface area contributed by atoms with E-state index in [2.05, 4.69) is 0 Å². The lowest BCUT2D eigenvalue weighted by atomic mass is 10.1. The maximum absolute atomic E-state index is 12.8. The Balaban J connectivity index is 2.16. The van der Waals surface area contributed by atoms with E-state index in [4.69, 9.17) is 14.7 Å². The van der Waals surface area contributed by atoms with Crippen molar-refractivity contribution < 1.29 is 33.1 Å². The molecule has 1 aromatic rings. The van der Waals surface area contributed by atoms with Crippen LogP contribution in [0.2, 0.25) is 0 Å². The third-order valence-electron chi connectivity index (χ3n) is 3.95. The van der Waals surface area contributed by atoms with Gasteiger partial charge in [0.15, 0.2) is 17.5 Å². The number of benzene rings is 1. The van der Waals surface area contributed by atoms with Gasteiger partial charge in [-0.25, -0.2) is 14.3 Å². The van der Waals surface area contributed by atoms with Crippen LogP contribution < -0.4 is 20.3 Å². The van der Waals surface area contributed by atoms with Crippen molar-refractivity contribution in [1.82, 2.24) is 10.8 Å². The smallest absolute Gasteiger partial charge is 0.271 e. The molecule has 1 saturated carbocycles. The van der Waals surface area contributed by atoms with Gasteiger partial charge < -0.3 is 14.8 Å². The van der Waals surface area contributed by atoms with Gasteiger partial charge in [0.25, 0.3) is 18.2 Å². The zero-order valence-electron chi connectivity index (χ0n) is 13.6. The molecule has 1 aliphatic carbocycles. The largest absolute Gasteiger partial charge is 0.493 e. The van der Waals surface area contributed by atoms with Crippen molar-refractivity contribution in [3.05, 3.63) is 23.8 Å². The number of hydrogen-bond donors (Lipinski definition) is 3. The Kier molecular flexibility index (Phi) is 6.51. The highest BCUT2D eigenvalue weighted by atomic mass is 19.3. The van der Waals surface area contributed by atoms with Crippen LogP contribution in [0.4, 0.5) is 8.78 Å². The van der Waals surface area contributed by atoms with Gasteiger partial charge in [-0.3, -0.25) is 14.8 Å². The number of nitrogens with one attached hydrogen (secondary N) is 2. The van der Waals surface area contributed by atoms with E-state index in [9.17, 15) is 18.4 Å². The summed E-state index contributed by atoms with van der Waals surface area (Å²) in [5.74, 6) is -1.55. The summed E-state index contributed by atoms with van der Waals surface area (Å²) >= 11 is 0. The monoisotopic (exact) mass is 358 g/mol. The number of halogens is 2. The molecule has 1 aromatic carbocycles. The van der Waals surface area contributed by atoms with Gasteiger partial charge in [0.1, 0.15) is 0 Å². The fourth-order valence-corrected chi connectivity index (χ4v) is 2.63. The summed E-state index contributed by atoms with van der Waals surface area (Å²) in [6.45, 7) is 0. The van der Waals surface area contributed by atoms with E-state index in [1.54, 1.807) is 0 Å². The molecule has 0 radical (unpaired) electrons. The highest BCUT2D eigenvalue weighted by Gasteiger charge is 2.30. The van der Waals surface area contributed by atoms with Crippen molar-refractivity contribution in [2.45, 2.75) is 44.3 Å². The van der Waals surface area contributed by atoms with Gasteiger partial charge in [0.05, 0.1) is 13.2 Å². The highest BCUT2D eigenvalue weighted by molar-refractivity contribution is 5.98. The minimum atomic E-state index is -3.18. The molecule has 1 fully saturated rings. The number of ether oxygens (including phenoxy) is 2. The lowest BCUT2D eigenvalue weighted by molar-refractivity contribution is -0.134. The maximum Gasteiger partial charge on any atom is 0.271 e. The van der Waals surface area contributed by atoms with Gasteiger partial charge in [-0.05, 0) is 43.9 Å². The molecule has 2 amide bonds. The Labute approximate surface area is 143 Å². The second-order valence-electron chi connectivity index (χ2n) is 5.65. The molecule has 1 atom stereocenters. The predicted molar refractivity (Wildman–Crippen MR) is 83.1 cm³/mol. The maximum atomic E-state index is 12.8. The van der Waals surface area contributed by atoms with Crippen LogP contribution in [-0.2, 0) is 4.79 Å². The Morgan fingerprint density at radius 2 is 1.92 bits per heavy atom. The molecule has 0 heterocycles. The van der Waals surface area contributed by atoms with Crippen molar-refractivity contribution in [3.8, 4) is 11.5 Å². The molecule has 1 unspecified atom stereocenters. The number of carbonyl (C=O) groups excluding carboxylic acids is 2. The van der Waals surface area contributed by atoms with Gasteiger partial charge in [0, 0.05) is 5.56 Å². The topological polar surface area (TPSA) is 96.9 Å². The van der Waals surface area contributed by atoms with E-state index >= 15 is 0 Å². The molecule has 138 valence electrons. The van der Waals surface area contributed by atoms with E-state index in [1.165, 1.54) is 25.3 Å². The fraction of sp³-hybridized carbons (Fsp3) is 0.500. The van der Waals surface area contributed by atoms with Gasteiger partial charge in [-0.2, -0.15) is 0 Å². The molecule has 7 nitrogen and oxygen atoms in total. The lowest BCUT2D eigenvalue weighted by Gasteiger charge is -2.18. The normalized spacial score (nSPS) is 15.7. The molecule has 0 bridgehead atoms. The zero-order valence-corrected chi connectivity index (χ0v) is 13.6. The number of methoxy groups -OCH3 is 1. The number of rotatable bonds is 7. The number of hydroxylamine groups is 1. The Bertz CT molecular complexity index is 621. The van der Waals surface area contributed by atoms with E-state index in [1.807, 2.05) is 5.32 Å². The summed E-state index contributed by atoms with van der Waals surface area (Å²) < 4.78 is 36.7. The molecule has 0 spiro atoms. The van der Waals surface area contributed by atoms with Gasteiger partial charge >= 0.3 is 0 Å². The Morgan fingerprint density at radius 1 is 1.24 bits per heavy atom. The SMILES string of the molecule is COc1ccc(C(=O)NC(C(=O)NO)C(F)F)cc1OC1CCCC1. The van der Waals surface area contributed by atoms with Crippen LogP contribution in [0.1, 0.15) is 36.0 Å². The molecule has 9 heteroatoms. The predicted octanol–water partition coefficient (Wildman–Crippen LogP) is 1.89. The molecule has 25 heavy (non-hydrogen) atoms. The van der Waals surface area contributed by atoms with Crippen molar-refractivity contribution in [2.24, 2.45) is 0 Å². The van der Waals surface area contributed by atoms with Gasteiger partial charge in [-0.1, -0.05) is 0 Å². The first-order valence-electron chi connectivity index (χ1n) is 7.84. The van der Waals surface area contributed by atoms with Crippen molar-refractivity contribution in [3.63, 3.8) is 0 Å². The summed E-state index contributed by atoms with van der Waals surface area (Å²) in [6.07, 6.45) is 0.733. The van der Waals surface area contributed by atoms with Crippen molar-refractivity contribution in [1.29, 1.82) is 0 Å². The molecule has 0 aromatic heterocycles. The first-order valence-corrected chi connectivity index (χ1v) is 7.84. The van der Waals surface area contributed by atoms with Crippen LogP contribution >= 0.6 is 0 Å². The number of amides is 2. The van der Waals surface area contributed by atoms with E-state index < -0.39 is 24.3 Å². The molecule has 0 saturated heterocycles.